The van der Waals surface area contributed by atoms with Gasteiger partial charge < -0.3 is 5.32 Å². The predicted octanol–water partition coefficient (Wildman–Crippen LogP) is 3.03. The summed E-state index contributed by atoms with van der Waals surface area (Å²) < 4.78 is 0. The van der Waals surface area contributed by atoms with Gasteiger partial charge in [0, 0.05) is 37.0 Å². The van der Waals surface area contributed by atoms with E-state index in [0.717, 1.165) is 13.0 Å². The van der Waals surface area contributed by atoms with Gasteiger partial charge in [-0.2, -0.15) is 11.8 Å². The standard InChI is InChI=1S/C17H28N2S/c1-4-17(2)14-18-16(13-19(17)10-11-20-3)12-15-8-6-5-7-9-15/h5-9,16,18H,4,10-14H2,1-3H3. The van der Waals surface area contributed by atoms with Crippen LogP contribution < -0.4 is 5.32 Å². The molecule has 0 bridgehead atoms. The summed E-state index contributed by atoms with van der Waals surface area (Å²) in [6.07, 6.45) is 4.55. The zero-order chi connectivity index (χ0) is 14.4. The third-order valence-electron chi connectivity index (χ3n) is 4.63. The lowest BCUT2D eigenvalue weighted by molar-refractivity contribution is 0.0554. The van der Waals surface area contributed by atoms with E-state index in [1.165, 1.54) is 30.8 Å². The van der Waals surface area contributed by atoms with Crippen LogP contribution in [0.1, 0.15) is 25.8 Å². The molecule has 0 aromatic heterocycles. The maximum Gasteiger partial charge on any atom is 0.0304 e. The van der Waals surface area contributed by atoms with E-state index < -0.39 is 0 Å². The fourth-order valence-corrected chi connectivity index (χ4v) is 3.38. The van der Waals surface area contributed by atoms with Crippen molar-refractivity contribution in [1.29, 1.82) is 0 Å². The van der Waals surface area contributed by atoms with Crippen LogP contribution in [0.5, 0.6) is 0 Å². The topological polar surface area (TPSA) is 15.3 Å². The number of nitrogens with one attached hydrogen (secondary N) is 1. The zero-order valence-corrected chi connectivity index (χ0v) is 13.9. The largest absolute Gasteiger partial charge is 0.311 e. The quantitative estimate of drug-likeness (QED) is 0.867. The summed E-state index contributed by atoms with van der Waals surface area (Å²) in [4.78, 5) is 2.70. The first-order valence-corrected chi connectivity index (χ1v) is 9.08. The number of thioether (sulfide) groups is 1. The van der Waals surface area contributed by atoms with E-state index in [9.17, 15) is 0 Å². The highest BCUT2D eigenvalue weighted by atomic mass is 32.2. The van der Waals surface area contributed by atoms with Gasteiger partial charge in [-0.15, -0.1) is 0 Å². The van der Waals surface area contributed by atoms with Crippen molar-refractivity contribution in [3.05, 3.63) is 35.9 Å². The molecule has 1 aliphatic rings. The number of nitrogens with zero attached hydrogens (tertiary/aromatic N) is 1. The van der Waals surface area contributed by atoms with E-state index in [1.54, 1.807) is 0 Å². The van der Waals surface area contributed by atoms with Crippen LogP contribution >= 0.6 is 11.8 Å². The van der Waals surface area contributed by atoms with Gasteiger partial charge in [0.25, 0.3) is 0 Å². The zero-order valence-electron chi connectivity index (χ0n) is 13.1. The van der Waals surface area contributed by atoms with Crippen molar-refractivity contribution in [2.24, 2.45) is 0 Å². The molecule has 1 heterocycles. The predicted molar refractivity (Wildman–Crippen MR) is 90.6 cm³/mol. The molecule has 1 aromatic carbocycles. The van der Waals surface area contributed by atoms with Crippen molar-refractivity contribution in [1.82, 2.24) is 10.2 Å². The molecular formula is C17H28N2S. The number of piperazine rings is 1. The normalized spacial score (nSPS) is 27.6. The van der Waals surface area contributed by atoms with Gasteiger partial charge in [-0.25, -0.2) is 0 Å². The van der Waals surface area contributed by atoms with Crippen molar-refractivity contribution in [3.63, 3.8) is 0 Å². The minimum atomic E-state index is 0.322. The molecule has 2 rings (SSSR count). The highest BCUT2D eigenvalue weighted by molar-refractivity contribution is 7.98. The molecule has 0 amide bonds. The van der Waals surface area contributed by atoms with Crippen molar-refractivity contribution in [3.8, 4) is 0 Å². The molecule has 1 saturated heterocycles. The van der Waals surface area contributed by atoms with E-state index in [-0.39, 0.29) is 0 Å². The van der Waals surface area contributed by atoms with Crippen LogP contribution in [-0.2, 0) is 6.42 Å². The van der Waals surface area contributed by atoms with Crippen molar-refractivity contribution >= 4 is 11.8 Å². The van der Waals surface area contributed by atoms with Crippen LogP contribution in [0.2, 0.25) is 0 Å². The van der Waals surface area contributed by atoms with Crippen LogP contribution in [0.4, 0.5) is 0 Å². The maximum absolute atomic E-state index is 3.77. The molecule has 20 heavy (non-hydrogen) atoms. The molecule has 1 aliphatic heterocycles. The molecule has 112 valence electrons. The lowest BCUT2D eigenvalue weighted by Crippen LogP contribution is -2.63. The highest BCUT2D eigenvalue weighted by Crippen LogP contribution is 2.24. The summed E-state index contributed by atoms with van der Waals surface area (Å²) in [5.74, 6) is 1.23. The first-order chi connectivity index (χ1) is 9.68. The molecule has 1 aromatic rings. The second kappa shape index (κ2) is 7.48. The molecule has 1 N–H and O–H groups in total. The summed E-state index contributed by atoms with van der Waals surface area (Å²) in [6, 6.07) is 11.4. The minimum Gasteiger partial charge on any atom is -0.311 e. The summed E-state index contributed by atoms with van der Waals surface area (Å²) in [5.41, 5.74) is 1.76. The SMILES string of the molecule is CCC1(C)CNC(Cc2ccccc2)CN1CCSC. The monoisotopic (exact) mass is 292 g/mol. The van der Waals surface area contributed by atoms with E-state index in [2.05, 4.69) is 60.7 Å². The Hall–Kier alpha value is -0.510. The van der Waals surface area contributed by atoms with Crippen molar-refractivity contribution < 1.29 is 0 Å². The van der Waals surface area contributed by atoms with Gasteiger partial charge in [-0.05, 0) is 31.6 Å². The van der Waals surface area contributed by atoms with Gasteiger partial charge in [-0.1, -0.05) is 37.3 Å². The van der Waals surface area contributed by atoms with E-state index in [1.807, 2.05) is 11.8 Å². The summed E-state index contributed by atoms with van der Waals surface area (Å²) >= 11 is 1.95. The number of hydrogen-bond acceptors (Lipinski definition) is 3. The van der Waals surface area contributed by atoms with Gasteiger partial charge in [0.15, 0.2) is 0 Å². The average Bonchev–Trinajstić information content (AvgIpc) is 2.49. The lowest BCUT2D eigenvalue weighted by Gasteiger charge is -2.48. The van der Waals surface area contributed by atoms with E-state index in [0.29, 0.717) is 11.6 Å². The van der Waals surface area contributed by atoms with Gasteiger partial charge in [0.2, 0.25) is 0 Å². The van der Waals surface area contributed by atoms with Crippen LogP contribution in [0.25, 0.3) is 0 Å². The first kappa shape index (κ1) is 15.9. The van der Waals surface area contributed by atoms with E-state index in [4.69, 9.17) is 0 Å². The Morgan fingerprint density at radius 2 is 2.10 bits per heavy atom. The summed E-state index contributed by atoms with van der Waals surface area (Å²) in [5, 5.41) is 3.77. The van der Waals surface area contributed by atoms with Crippen molar-refractivity contribution in [2.45, 2.75) is 38.3 Å². The Balaban J connectivity index is 1.97. The Morgan fingerprint density at radius 1 is 1.35 bits per heavy atom. The molecule has 2 atom stereocenters. The molecular weight excluding hydrogens is 264 g/mol. The van der Waals surface area contributed by atoms with Crippen LogP contribution in [-0.4, -0.2) is 48.1 Å². The van der Waals surface area contributed by atoms with Gasteiger partial charge in [-0.3, -0.25) is 4.90 Å². The summed E-state index contributed by atoms with van der Waals surface area (Å²) in [7, 11) is 0. The van der Waals surface area contributed by atoms with Gasteiger partial charge in [0.05, 0.1) is 0 Å². The molecule has 0 aliphatic carbocycles. The molecule has 0 saturated carbocycles. The number of rotatable bonds is 6. The molecule has 0 spiro atoms. The Kier molecular flexibility index (Phi) is 5.94. The molecule has 1 fully saturated rings. The Bertz CT molecular complexity index is 395. The second-order valence-electron chi connectivity index (χ2n) is 6.06. The highest BCUT2D eigenvalue weighted by Gasteiger charge is 2.35. The lowest BCUT2D eigenvalue weighted by atomic mass is 9.90. The third kappa shape index (κ3) is 4.00. The first-order valence-electron chi connectivity index (χ1n) is 7.69. The molecule has 0 radical (unpaired) electrons. The smallest absolute Gasteiger partial charge is 0.0304 e. The number of benzene rings is 1. The molecule has 2 unspecified atom stereocenters. The Labute approximate surface area is 128 Å². The van der Waals surface area contributed by atoms with Gasteiger partial charge >= 0.3 is 0 Å². The van der Waals surface area contributed by atoms with Crippen LogP contribution in [0.3, 0.4) is 0 Å². The van der Waals surface area contributed by atoms with E-state index >= 15 is 0 Å². The second-order valence-corrected chi connectivity index (χ2v) is 7.04. The minimum absolute atomic E-state index is 0.322. The third-order valence-corrected chi connectivity index (χ3v) is 5.22. The average molecular weight is 292 g/mol. The molecule has 2 nitrogen and oxygen atoms in total. The molecule has 3 heteroatoms. The van der Waals surface area contributed by atoms with Crippen LogP contribution in [0, 0.1) is 0 Å². The fourth-order valence-electron chi connectivity index (χ4n) is 2.97. The fraction of sp³-hybridized carbons (Fsp3) is 0.647. The summed E-state index contributed by atoms with van der Waals surface area (Å²) in [6.45, 7) is 8.19. The van der Waals surface area contributed by atoms with Gasteiger partial charge in [0.1, 0.15) is 0 Å². The van der Waals surface area contributed by atoms with Crippen molar-refractivity contribution in [2.75, 3.05) is 31.6 Å². The number of hydrogen-bond donors (Lipinski definition) is 1. The van der Waals surface area contributed by atoms with Crippen LogP contribution in [0.15, 0.2) is 30.3 Å². The Morgan fingerprint density at radius 3 is 2.75 bits per heavy atom. The maximum atomic E-state index is 3.77.